The van der Waals surface area contributed by atoms with Crippen molar-refractivity contribution in [3.8, 4) is 0 Å². The van der Waals surface area contributed by atoms with Gasteiger partial charge in [-0.1, -0.05) is 72.3 Å². The third-order valence-electron chi connectivity index (χ3n) is 5.18. The molecular formula is C26H24N3O3PS. The van der Waals surface area contributed by atoms with E-state index in [2.05, 4.69) is 15.0 Å². The number of hydrogen-bond donors (Lipinski definition) is 2. The first kappa shape index (κ1) is 23.5. The lowest BCUT2D eigenvalue weighted by molar-refractivity contribution is 0.580. The van der Waals surface area contributed by atoms with Crippen LogP contribution in [0.1, 0.15) is 11.1 Å². The minimum Gasteiger partial charge on any atom is -0.289 e. The number of aryl methyl sites for hydroxylation is 1. The van der Waals surface area contributed by atoms with Gasteiger partial charge in [-0.2, -0.15) is 5.10 Å². The van der Waals surface area contributed by atoms with Crippen LogP contribution in [0.5, 0.6) is 0 Å². The van der Waals surface area contributed by atoms with Gasteiger partial charge in [-0.15, -0.1) is 0 Å². The van der Waals surface area contributed by atoms with Crippen LogP contribution in [0.2, 0.25) is 0 Å². The lowest BCUT2D eigenvalue weighted by Gasteiger charge is -2.18. The number of nitrogens with zero attached hydrogens (tertiary/aromatic N) is 1. The molecule has 0 atom stereocenters. The summed E-state index contributed by atoms with van der Waals surface area (Å²) in [7, 11) is -7.04. The fourth-order valence-electron chi connectivity index (χ4n) is 3.34. The number of nitrogens with one attached hydrogen (secondary N) is 2. The second kappa shape index (κ2) is 10.1. The number of benzene rings is 4. The second-order valence-corrected chi connectivity index (χ2v) is 11.8. The zero-order chi connectivity index (χ0) is 24.0. The van der Waals surface area contributed by atoms with E-state index in [1.165, 1.54) is 6.21 Å². The van der Waals surface area contributed by atoms with Gasteiger partial charge < -0.3 is 0 Å². The highest BCUT2D eigenvalue weighted by molar-refractivity contribution is 7.92. The van der Waals surface area contributed by atoms with E-state index in [0.717, 1.165) is 5.56 Å². The Bertz CT molecular complexity index is 1400. The van der Waals surface area contributed by atoms with E-state index < -0.39 is 17.3 Å². The molecule has 0 heterocycles. The van der Waals surface area contributed by atoms with E-state index in [9.17, 15) is 13.0 Å². The fourth-order valence-corrected chi connectivity index (χ4v) is 6.36. The van der Waals surface area contributed by atoms with Crippen LogP contribution in [0, 0.1) is 6.92 Å². The normalized spacial score (nSPS) is 11.9. The van der Waals surface area contributed by atoms with Crippen molar-refractivity contribution < 1.29 is 13.0 Å². The molecule has 4 aromatic rings. The maximum absolute atomic E-state index is 14.0. The lowest BCUT2D eigenvalue weighted by Crippen LogP contribution is -2.24. The van der Waals surface area contributed by atoms with Crippen molar-refractivity contribution in [1.29, 1.82) is 0 Å². The van der Waals surface area contributed by atoms with Crippen LogP contribution in [0.3, 0.4) is 0 Å². The highest BCUT2D eigenvalue weighted by Crippen LogP contribution is 2.38. The SMILES string of the molecule is Cc1ccc(S(=O)(=O)Nc2ccccc2/C=N\NP(=O)(c2ccccc2)c2ccccc2)cc1. The van der Waals surface area contributed by atoms with E-state index in [4.69, 9.17) is 0 Å². The maximum Gasteiger partial charge on any atom is 0.261 e. The highest BCUT2D eigenvalue weighted by Gasteiger charge is 2.26. The molecule has 0 radical (unpaired) electrons. The van der Waals surface area contributed by atoms with Crippen LogP contribution in [-0.4, -0.2) is 14.6 Å². The summed E-state index contributed by atoms with van der Waals surface area (Å²) in [4.78, 5) is 0.167. The molecule has 0 spiro atoms. The Labute approximate surface area is 199 Å². The summed E-state index contributed by atoms with van der Waals surface area (Å²) in [5, 5.41) is 8.36. The van der Waals surface area contributed by atoms with Gasteiger partial charge in [0.2, 0.25) is 7.29 Å². The first-order valence-corrected chi connectivity index (χ1v) is 13.8. The van der Waals surface area contributed by atoms with Crippen molar-refractivity contribution in [2.45, 2.75) is 11.8 Å². The Kier molecular flexibility index (Phi) is 6.96. The average Bonchev–Trinajstić information content (AvgIpc) is 2.86. The van der Waals surface area contributed by atoms with Crippen LogP contribution in [0.4, 0.5) is 5.69 Å². The maximum atomic E-state index is 14.0. The van der Waals surface area contributed by atoms with Crippen LogP contribution >= 0.6 is 7.29 Å². The number of para-hydroxylation sites is 1. The Morgan fingerprint density at radius 1 is 0.735 bits per heavy atom. The van der Waals surface area contributed by atoms with E-state index >= 15 is 0 Å². The molecule has 8 heteroatoms. The van der Waals surface area contributed by atoms with Gasteiger partial charge in [0, 0.05) is 16.2 Å². The van der Waals surface area contributed by atoms with Crippen molar-refractivity contribution >= 4 is 39.8 Å². The molecule has 4 aromatic carbocycles. The van der Waals surface area contributed by atoms with Crippen molar-refractivity contribution in [3.63, 3.8) is 0 Å². The van der Waals surface area contributed by atoms with E-state index in [-0.39, 0.29) is 4.90 Å². The van der Waals surface area contributed by atoms with Crippen molar-refractivity contribution in [2.24, 2.45) is 5.10 Å². The molecule has 0 bridgehead atoms. The van der Waals surface area contributed by atoms with Crippen LogP contribution in [0.15, 0.2) is 119 Å². The minimum absolute atomic E-state index is 0.167. The molecule has 2 N–H and O–H groups in total. The molecule has 0 amide bonds. The van der Waals surface area contributed by atoms with Gasteiger partial charge >= 0.3 is 0 Å². The molecular weight excluding hydrogens is 465 g/mol. The second-order valence-electron chi connectivity index (χ2n) is 7.64. The summed E-state index contributed by atoms with van der Waals surface area (Å²) < 4.78 is 42.3. The molecule has 0 saturated heterocycles. The number of hydrazone groups is 1. The third kappa shape index (κ3) is 5.28. The van der Waals surface area contributed by atoms with Crippen LogP contribution < -0.4 is 20.5 Å². The Balaban J connectivity index is 1.62. The molecule has 0 aliphatic rings. The first-order chi connectivity index (χ1) is 16.4. The van der Waals surface area contributed by atoms with Gasteiger partial charge in [-0.05, 0) is 49.4 Å². The number of hydrogen-bond acceptors (Lipinski definition) is 4. The lowest BCUT2D eigenvalue weighted by atomic mass is 10.2. The molecule has 172 valence electrons. The Hall–Kier alpha value is -3.67. The molecule has 34 heavy (non-hydrogen) atoms. The van der Waals surface area contributed by atoms with E-state index in [1.807, 2.05) is 43.3 Å². The largest absolute Gasteiger partial charge is 0.289 e. The van der Waals surface area contributed by atoms with Gasteiger partial charge in [-0.25, -0.2) is 8.42 Å². The summed E-state index contributed by atoms with van der Waals surface area (Å²) in [5.74, 6) is 0. The van der Waals surface area contributed by atoms with E-state index in [1.54, 1.807) is 72.8 Å². The molecule has 4 rings (SSSR count). The summed E-state index contributed by atoms with van der Waals surface area (Å²) in [5.41, 5.74) is 1.86. The van der Waals surface area contributed by atoms with Gasteiger partial charge in [0.05, 0.1) is 16.8 Å². The average molecular weight is 490 g/mol. The van der Waals surface area contributed by atoms with Gasteiger partial charge in [0.25, 0.3) is 10.0 Å². The summed E-state index contributed by atoms with van der Waals surface area (Å²) >= 11 is 0. The third-order valence-corrected chi connectivity index (χ3v) is 9.01. The van der Waals surface area contributed by atoms with Gasteiger partial charge in [-0.3, -0.25) is 14.5 Å². The molecule has 6 nitrogen and oxygen atoms in total. The quantitative estimate of drug-likeness (QED) is 0.214. The summed E-state index contributed by atoms with van der Waals surface area (Å²) in [6.45, 7) is 1.90. The van der Waals surface area contributed by atoms with Crippen molar-refractivity contribution in [1.82, 2.24) is 5.20 Å². The Morgan fingerprint density at radius 2 is 1.26 bits per heavy atom. The van der Waals surface area contributed by atoms with Gasteiger partial charge in [0.15, 0.2) is 0 Å². The molecule has 0 aliphatic heterocycles. The monoisotopic (exact) mass is 489 g/mol. The number of sulfonamides is 1. The smallest absolute Gasteiger partial charge is 0.261 e. The standard InChI is InChI=1S/C26H24N3O3PS/c1-21-16-18-25(19-17-21)34(31,32)28-26-15-9-8-10-22(26)20-27-29-33(30,23-11-4-2-5-12-23)24-13-6-3-7-14-24/h2-20,28H,1H3,(H,29,30)/b27-20-. The molecule has 0 fully saturated rings. The summed E-state index contributed by atoms with van der Waals surface area (Å²) in [6, 6.07) is 31.7. The fraction of sp³-hybridized carbons (Fsp3) is 0.0385. The minimum atomic E-state index is -3.78. The van der Waals surface area contributed by atoms with Crippen molar-refractivity contribution in [3.05, 3.63) is 120 Å². The van der Waals surface area contributed by atoms with Crippen LogP contribution in [-0.2, 0) is 14.6 Å². The summed E-state index contributed by atoms with van der Waals surface area (Å²) in [6.07, 6.45) is 1.46. The zero-order valence-corrected chi connectivity index (χ0v) is 20.2. The predicted molar refractivity (Wildman–Crippen MR) is 139 cm³/mol. The Morgan fingerprint density at radius 3 is 1.85 bits per heavy atom. The topological polar surface area (TPSA) is 87.6 Å². The van der Waals surface area contributed by atoms with E-state index in [0.29, 0.717) is 21.9 Å². The predicted octanol–water partition coefficient (Wildman–Crippen LogP) is 4.65. The molecule has 0 aliphatic carbocycles. The molecule has 0 unspecified atom stereocenters. The van der Waals surface area contributed by atoms with Crippen molar-refractivity contribution in [2.75, 3.05) is 4.72 Å². The first-order valence-electron chi connectivity index (χ1n) is 10.6. The van der Waals surface area contributed by atoms with Gasteiger partial charge in [0.1, 0.15) is 0 Å². The zero-order valence-electron chi connectivity index (χ0n) is 18.5. The van der Waals surface area contributed by atoms with Crippen LogP contribution in [0.25, 0.3) is 0 Å². The number of anilines is 1. The number of rotatable bonds is 8. The highest BCUT2D eigenvalue weighted by atomic mass is 32.2. The molecule has 0 saturated carbocycles. The molecule has 0 aromatic heterocycles.